The number of nitrogens with one attached hydrogen (secondary N) is 1. The molecule has 0 spiro atoms. The van der Waals surface area contributed by atoms with E-state index in [9.17, 15) is 9.59 Å². The van der Waals surface area contributed by atoms with E-state index in [1.54, 1.807) is 27.0 Å². The van der Waals surface area contributed by atoms with Crippen LogP contribution in [0.15, 0.2) is 30.5 Å². The number of carboxylic acids is 1. The maximum atomic E-state index is 11.9. The van der Waals surface area contributed by atoms with Crippen molar-refractivity contribution < 1.29 is 19.4 Å². The lowest BCUT2D eigenvalue weighted by Gasteiger charge is -2.20. The van der Waals surface area contributed by atoms with Crippen LogP contribution >= 0.6 is 0 Å². The Hall–Kier alpha value is -2.54. The van der Waals surface area contributed by atoms with Gasteiger partial charge < -0.3 is 15.6 Å². The molecule has 0 aliphatic carbocycles. The highest BCUT2D eigenvalue weighted by atomic mass is 16.6. The summed E-state index contributed by atoms with van der Waals surface area (Å²) in [6.07, 6.45) is 1.24. The topological polar surface area (TPSA) is 107 Å². The van der Waals surface area contributed by atoms with E-state index >= 15 is 0 Å². The number of aromatic nitrogens is 1. The number of carboxylic acid groups (broad SMARTS) is 1. The van der Waals surface area contributed by atoms with Gasteiger partial charge in [0.1, 0.15) is 11.6 Å². The number of hydrogen-bond donors (Lipinski definition) is 3. The SMILES string of the molecule is CC(C)(C)OC(=O)Nn1cc(C[C@H](N)C(=O)O)c2ccccc21. The molecule has 0 aliphatic rings. The Labute approximate surface area is 134 Å². The van der Waals surface area contributed by atoms with Gasteiger partial charge in [-0.1, -0.05) is 18.2 Å². The molecule has 2 rings (SSSR count). The molecule has 0 fully saturated rings. The van der Waals surface area contributed by atoms with Gasteiger partial charge in [0.25, 0.3) is 0 Å². The Morgan fingerprint density at radius 2 is 2.00 bits per heavy atom. The highest BCUT2D eigenvalue weighted by Crippen LogP contribution is 2.21. The van der Waals surface area contributed by atoms with Crippen LogP contribution in [0.2, 0.25) is 0 Å². The number of benzene rings is 1. The lowest BCUT2D eigenvalue weighted by atomic mass is 10.1. The molecule has 7 nitrogen and oxygen atoms in total. The van der Waals surface area contributed by atoms with Crippen LogP contribution in [0.4, 0.5) is 4.79 Å². The quantitative estimate of drug-likeness (QED) is 0.800. The number of nitrogens with zero attached hydrogens (tertiary/aromatic N) is 1. The summed E-state index contributed by atoms with van der Waals surface area (Å²) in [7, 11) is 0. The van der Waals surface area contributed by atoms with Gasteiger partial charge in [0.2, 0.25) is 0 Å². The molecule has 0 aliphatic heterocycles. The average molecular weight is 319 g/mol. The number of aliphatic carboxylic acids is 1. The van der Waals surface area contributed by atoms with Crippen molar-refractivity contribution in [3.8, 4) is 0 Å². The number of ether oxygens (including phenoxy) is 1. The number of nitrogens with two attached hydrogens (primary N) is 1. The van der Waals surface area contributed by atoms with Crippen LogP contribution < -0.4 is 11.2 Å². The van der Waals surface area contributed by atoms with Crippen LogP contribution in [-0.4, -0.2) is 33.5 Å². The van der Waals surface area contributed by atoms with Gasteiger partial charge in [-0.05, 0) is 32.4 Å². The van der Waals surface area contributed by atoms with Gasteiger partial charge in [0.15, 0.2) is 0 Å². The molecule has 23 heavy (non-hydrogen) atoms. The van der Waals surface area contributed by atoms with Crippen LogP contribution in [0.25, 0.3) is 10.9 Å². The average Bonchev–Trinajstić information content (AvgIpc) is 2.75. The maximum absolute atomic E-state index is 11.9. The molecule has 0 saturated carbocycles. The summed E-state index contributed by atoms with van der Waals surface area (Å²) in [5.41, 5.74) is 9.12. The zero-order valence-corrected chi connectivity index (χ0v) is 13.4. The predicted molar refractivity (Wildman–Crippen MR) is 86.8 cm³/mol. The first kappa shape index (κ1) is 16.8. The summed E-state index contributed by atoms with van der Waals surface area (Å²) in [4.78, 5) is 22.9. The van der Waals surface area contributed by atoms with E-state index in [1.165, 1.54) is 4.68 Å². The van der Waals surface area contributed by atoms with Crippen LogP contribution in [0.5, 0.6) is 0 Å². The van der Waals surface area contributed by atoms with E-state index in [-0.39, 0.29) is 6.42 Å². The van der Waals surface area contributed by atoms with Crippen molar-refractivity contribution in [2.75, 3.05) is 5.43 Å². The van der Waals surface area contributed by atoms with Crippen molar-refractivity contribution in [2.24, 2.45) is 5.73 Å². The van der Waals surface area contributed by atoms with Gasteiger partial charge in [-0.3, -0.25) is 9.47 Å². The molecule has 0 bridgehead atoms. The van der Waals surface area contributed by atoms with E-state index in [0.717, 1.165) is 16.5 Å². The molecule has 1 aromatic carbocycles. The van der Waals surface area contributed by atoms with E-state index < -0.39 is 23.7 Å². The third-order valence-corrected chi connectivity index (χ3v) is 3.16. The number of amides is 1. The summed E-state index contributed by atoms with van der Waals surface area (Å²) in [5.74, 6) is -1.07. The van der Waals surface area contributed by atoms with Crippen molar-refractivity contribution >= 4 is 23.0 Å². The molecule has 7 heteroatoms. The van der Waals surface area contributed by atoms with E-state index in [0.29, 0.717) is 0 Å². The third kappa shape index (κ3) is 4.23. The lowest BCUT2D eigenvalue weighted by molar-refractivity contribution is -0.138. The standard InChI is InChI=1S/C16H21N3O4/c1-16(2,3)23-15(22)18-19-9-10(8-12(17)14(20)21)11-6-4-5-7-13(11)19/h4-7,9,12H,8,17H2,1-3H3,(H,18,22)(H,20,21)/t12-/m0/s1. The van der Waals surface area contributed by atoms with Crippen LogP contribution in [0.1, 0.15) is 26.3 Å². The van der Waals surface area contributed by atoms with Gasteiger partial charge >= 0.3 is 12.1 Å². The van der Waals surface area contributed by atoms with Gasteiger partial charge in [0.05, 0.1) is 5.52 Å². The summed E-state index contributed by atoms with van der Waals surface area (Å²) in [5, 5.41) is 9.81. The molecule has 4 N–H and O–H groups in total. The van der Waals surface area contributed by atoms with Crippen LogP contribution in [0.3, 0.4) is 0 Å². The molecule has 124 valence electrons. The van der Waals surface area contributed by atoms with Gasteiger partial charge in [-0.25, -0.2) is 10.2 Å². The lowest BCUT2D eigenvalue weighted by Crippen LogP contribution is -2.32. The molecule has 2 aromatic rings. The van der Waals surface area contributed by atoms with Crippen molar-refractivity contribution in [1.82, 2.24) is 4.68 Å². The minimum Gasteiger partial charge on any atom is -0.480 e. The Balaban J connectivity index is 2.30. The van der Waals surface area contributed by atoms with E-state index in [2.05, 4.69) is 5.43 Å². The minimum atomic E-state index is -1.07. The molecular weight excluding hydrogens is 298 g/mol. The summed E-state index contributed by atoms with van der Waals surface area (Å²) >= 11 is 0. The zero-order valence-electron chi connectivity index (χ0n) is 13.4. The number of para-hydroxylation sites is 1. The van der Waals surface area contributed by atoms with E-state index in [4.69, 9.17) is 15.6 Å². The van der Waals surface area contributed by atoms with Gasteiger partial charge in [0, 0.05) is 18.0 Å². The second-order valence-corrected chi connectivity index (χ2v) is 6.30. The summed E-state index contributed by atoms with van der Waals surface area (Å²) in [6.45, 7) is 5.33. The number of carbonyl (C=O) groups excluding carboxylic acids is 1. The fourth-order valence-electron chi connectivity index (χ4n) is 2.23. The Morgan fingerprint density at radius 1 is 1.35 bits per heavy atom. The molecule has 1 amide bonds. The Bertz CT molecular complexity index is 730. The summed E-state index contributed by atoms with van der Waals surface area (Å²) < 4.78 is 6.75. The third-order valence-electron chi connectivity index (χ3n) is 3.16. The molecule has 0 unspecified atom stereocenters. The van der Waals surface area contributed by atoms with Gasteiger partial charge in [-0.2, -0.15) is 0 Å². The first-order valence-corrected chi connectivity index (χ1v) is 7.25. The molecule has 1 aromatic heterocycles. The second-order valence-electron chi connectivity index (χ2n) is 6.30. The minimum absolute atomic E-state index is 0.166. The Kier molecular flexibility index (Phi) is 4.60. The fraction of sp³-hybridized carbons (Fsp3) is 0.375. The highest BCUT2D eigenvalue weighted by molar-refractivity contribution is 5.87. The Morgan fingerprint density at radius 3 is 2.61 bits per heavy atom. The summed E-state index contributed by atoms with van der Waals surface area (Å²) in [6, 6.07) is 6.34. The van der Waals surface area contributed by atoms with Crippen molar-refractivity contribution in [2.45, 2.75) is 38.8 Å². The van der Waals surface area contributed by atoms with Crippen molar-refractivity contribution in [3.63, 3.8) is 0 Å². The van der Waals surface area contributed by atoms with Crippen LogP contribution in [0, 0.1) is 0 Å². The number of hydrogen-bond acceptors (Lipinski definition) is 4. The van der Waals surface area contributed by atoms with Crippen molar-refractivity contribution in [3.05, 3.63) is 36.0 Å². The monoisotopic (exact) mass is 319 g/mol. The van der Waals surface area contributed by atoms with Gasteiger partial charge in [-0.15, -0.1) is 0 Å². The second kappa shape index (κ2) is 6.29. The van der Waals surface area contributed by atoms with Crippen LogP contribution in [-0.2, 0) is 16.0 Å². The number of carbonyl (C=O) groups is 2. The predicted octanol–water partition coefficient (Wildman–Crippen LogP) is 2.07. The van der Waals surface area contributed by atoms with E-state index in [1.807, 2.05) is 24.3 Å². The molecule has 1 heterocycles. The largest absolute Gasteiger partial charge is 0.480 e. The first-order valence-electron chi connectivity index (χ1n) is 7.25. The number of fused-ring (bicyclic) bond motifs is 1. The molecular formula is C16H21N3O4. The zero-order chi connectivity index (χ0) is 17.2. The normalized spacial score (nSPS) is 12.9. The number of rotatable bonds is 4. The first-order chi connectivity index (χ1) is 10.7. The van der Waals surface area contributed by atoms with Crippen molar-refractivity contribution in [1.29, 1.82) is 0 Å². The maximum Gasteiger partial charge on any atom is 0.426 e. The molecule has 0 saturated heterocycles. The highest BCUT2D eigenvalue weighted by Gasteiger charge is 2.19. The fourth-order valence-corrected chi connectivity index (χ4v) is 2.23. The molecule has 1 atom stereocenters. The smallest absolute Gasteiger partial charge is 0.426 e. The molecule has 0 radical (unpaired) electrons.